The monoisotopic (exact) mass is 520 g/mol. The number of likely N-dealkylation sites (N-methyl/N-ethyl adjacent to an activating group) is 1. The minimum absolute atomic E-state index is 0.233. The normalized spacial score (nSPS) is 44.2. The van der Waals surface area contributed by atoms with Crippen molar-refractivity contribution in [1.82, 2.24) is 5.32 Å². The minimum atomic E-state index is -0.328. The number of aliphatic hydroxyl groups is 2. The van der Waals surface area contributed by atoms with Crippen molar-refractivity contribution in [2.45, 2.75) is 84.7 Å². The van der Waals surface area contributed by atoms with Gasteiger partial charge in [-0.05, 0) is 122 Å². The lowest BCUT2D eigenvalue weighted by atomic mass is 9.43. The SMILES string of the molecule is C=C1C=C2C3(CCC(CC(CC4=CCN=C4)C(O)CNC)C3)CC3C(CO)CCCC3C2(C)C2C1C2(C)C. The summed E-state index contributed by atoms with van der Waals surface area (Å²) in [6, 6.07) is 0. The smallest absolute Gasteiger partial charge is 0.0695 e. The maximum atomic E-state index is 11.1. The Kier molecular flexibility index (Phi) is 6.88. The van der Waals surface area contributed by atoms with Gasteiger partial charge < -0.3 is 15.5 Å². The van der Waals surface area contributed by atoms with E-state index in [1.165, 1.54) is 56.1 Å². The Hall–Kier alpha value is -1.23. The fraction of sp³-hybridized carbons (Fsp3) is 0.794. The van der Waals surface area contributed by atoms with E-state index in [4.69, 9.17) is 0 Å². The van der Waals surface area contributed by atoms with E-state index in [0.29, 0.717) is 54.1 Å². The number of rotatable bonds is 8. The highest BCUT2D eigenvalue weighted by molar-refractivity contribution is 5.80. The third-order valence-electron chi connectivity index (χ3n) is 12.7. The molecule has 6 aliphatic rings. The molecule has 5 aliphatic carbocycles. The average molecular weight is 521 g/mol. The van der Waals surface area contributed by atoms with Crippen LogP contribution in [-0.4, -0.2) is 49.3 Å². The van der Waals surface area contributed by atoms with Crippen LogP contribution in [0.1, 0.15) is 78.6 Å². The number of aliphatic hydroxyl groups excluding tert-OH is 2. The van der Waals surface area contributed by atoms with Gasteiger partial charge in [0.2, 0.25) is 0 Å². The first-order valence-corrected chi connectivity index (χ1v) is 15.7. The maximum Gasteiger partial charge on any atom is 0.0695 e. The molecule has 0 amide bonds. The molecular formula is C34H52N2O2. The van der Waals surface area contributed by atoms with Crippen molar-refractivity contribution in [3.8, 4) is 0 Å². The average Bonchev–Trinajstić information content (AvgIpc) is 3.23. The minimum Gasteiger partial charge on any atom is -0.396 e. The lowest BCUT2D eigenvalue weighted by molar-refractivity contribution is -0.0542. The van der Waals surface area contributed by atoms with Gasteiger partial charge >= 0.3 is 0 Å². The van der Waals surface area contributed by atoms with E-state index in [9.17, 15) is 10.2 Å². The summed E-state index contributed by atoms with van der Waals surface area (Å²) >= 11 is 0. The largest absolute Gasteiger partial charge is 0.396 e. The molecule has 210 valence electrons. The molecule has 10 unspecified atom stereocenters. The summed E-state index contributed by atoms with van der Waals surface area (Å²) in [5.41, 5.74) is 5.24. The van der Waals surface area contributed by atoms with Crippen LogP contribution in [0.25, 0.3) is 0 Å². The van der Waals surface area contributed by atoms with Crippen molar-refractivity contribution in [3.05, 3.63) is 35.5 Å². The maximum absolute atomic E-state index is 11.1. The number of nitrogens with zero attached hydrogens (tertiary/aromatic N) is 1. The Labute approximate surface area is 231 Å². The molecule has 0 aromatic carbocycles. The van der Waals surface area contributed by atoms with Gasteiger partial charge in [-0.3, -0.25) is 4.99 Å². The fourth-order valence-electron chi connectivity index (χ4n) is 11.3. The third-order valence-corrected chi connectivity index (χ3v) is 12.7. The summed E-state index contributed by atoms with van der Waals surface area (Å²) in [5.74, 6) is 4.04. The highest BCUT2D eigenvalue weighted by Gasteiger charge is 2.74. The number of hydrogen-bond acceptors (Lipinski definition) is 4. The molecule has 10 atom stereocenters. The molecule has 1 aliphatic heterocycles. The summed E-state index contributed by atoms with van der Waals surface area (Å²) in [6.07, 6.45) is 17.4. The standard InChI is InChI=1S/C34H52N2O2/c1-21-13-29-33(4,31-30(21)32(31,2)3)27-8-6-7-24(20-37)26(27)17-34(29)11-9-22(16-34)14-25(28(38)19-35-5)15-23-10-12-36-18-23/h10,13,18,22,24-28,30-31,35,37-38H,1,6-9,11-12,14-17,19-20H2,2-5H3. The van der Waals surface area contributed by atoms with Gasteiger partial charge in [0.1, 0.15) is 0 Å². The van der Waals surface area contributed by atoms with Gasteiger partial charge in [0.05, 0.1) is 12.6 Å². The summed E-state index contributed by atoms with van der Waals surface area (Å²) in [4.78, 5) is 4.41. The second kappa shape index (κ2) is 9.70. The number of hydrogen-bond donors (Lipinski definition) is 3. The number of aliphatic imine (C=N–C) groups is 1. The van der Waals surface area contributed by atoms with E-state index >= 15 is 0 Å². The van der Waals surface area contributed by atoms with Crippen LogP contribution < -0.4 is 5.32 Å². The van der Waals surface area contributed by atoms with Crippen molar-refractivity contribution >= 4 is 6.21 Å². The Morgan fingerprint density at radius 1 is 1.18 bits per heavy atom. The van der Waals surface area contributed by atoms with Crippen LogP contribution >= 0.6 is 0 Å². The van der Waals surface area contributed by atoms with Crippen LogP contribution in [0, 0.1) is 57.7 Å². The highest BCUT2D eigenvalue weighted by Crippen LogP contribution is 2.80. The zero-order valence-electron chi connectivity index (χ0n) is 24.4. The molecule has 0 bridgehead atoms. The topological polar surface area (TPSA) is 64.9 Å². The molecule has 1 spiro atoms. The Bertz CT molecular complexity index is 1040. The van der Waals surface area contributed by atoms with Crippen molar-refractivity contribution in [2.24, 2.45) is 62.7 Å². The van der Waals surface area contributed by atoms with E-state index in [1.807, 2.05) is 13.3 Å². The summed E-state index contributed by atoms with van der Waals surface area (Å²) < 4.78 is 0. The van der Waals surface area contributed by atoms with Gasteiger partial charge in [0.25, 0.3) is 0 Å². The Morgan fingerprint density at radius 3 is 2.71 bits per heavy atom. The fourth-order valence-corrected chi connectivity index (χ4v) is 11.3. The molecule has 6 rings (SSSR count). The summed E-state index contributed by atoms with van der Waals surface area (Å²) in [5, 5.41) is 24.8. The number of fused-ring (bicyclic) bond motifs is 6. The molecule has 3 N–H and O–H groups in total. The number of allylic oxidation sites excluding steroid dienone is 4. The predicted octanol–water partition coefficient (Wildman–Crippen LogP) is 5.96. The van der Waals surface area contributed by atoms with E-state index in [2.05, 4.69) is 49.8 Å². The van der Waals surface area contributed by atoms with Gasteiger partial charge in [0, 0.05) is 19.4 Å². The first kappa shape index (κ1) is 27.0. The lowest BCUT2D eigenvalue weighted by Crippen LogP contribution is -2.53. The zero-order valence-corrected chi connectivity index (χ0v) is 24.4. The first-order chi connectivity index (χ1) is 18.2. The van der Waals surface area contributed by atoms with Crippen LogP contribution in [0.2, 0.25) is 0 Å². The van der Waals surface area contributed by atoms with E-state index in [1.54, 1.807) is 5.57 Å². The quantitative estimate of drug-likeness (QED) is 0.370. The predicted molar refractivity (Wildman–Crippen MR) is 156 cm³/mol. The summed E-state index contributed by atoms with van der Waals surface area (Å²) in [7, 11) is 1.94. The highest BCUT2D eigenvalue weighted by atomic mass is 16.3. The van der Waals surface area contributed by atoms with Crippen LogP contribution in [-0.2, 0) is 0 Å². The molecule has 4 nitrogen and oxygen atoms in total. The molecular weight excluding hydrogens is 468 g/mol. The molecule has 0 saturated heterocycles. The van der Waals surface area contributed by atoms with E-state index in [-0.39, 0.29) is 22.9 Å². The second-order valence-corrected chi connectivity index (χ2v) is 15.0. The molecule has 4 heteroatoms. The number of nitrogens with one attached hydrogen (secondary N) is 1. The molecule has 0 radical (unpaired) electrons. The lowest BCUT2D eigenvalue weighted by Gasteiger charge is -2.61. The molecule has 0 aromatic rings. The van der Waals surface area contributed by atoms with E-state index in [0.717, 1.165) is 19.4 Å². The molecule has 1 heterocycles. The Balaban J connectivity index is 1.31. The van der Waals surface area contributed by atoms with Gasteiger partial charge in [-0.15, -0.1) is 0 Å². The van der Waals surface area contributed by atoms with Gasteiger partial charge in [-0.1, -0.05) is 57.1 Å². The van der Waals surface area contributed by atoms with Crippen molar-refractivity contribution < 1.29 is 10.2 Å². The Morgan fingerprint density at radius 2 is 2.00 bits per heavy atom. The van der Waals surface area contributed by atoms with Crippen molar-refractivity contribution in [1.29, 1.82) is 0 Å². The molecule has 4 saturated carbocycles. The van der Waals surface area contributed by atoms with Gasteiger partial charge in [0.15, 0.2) is 0 Å². The molecule has 0 aromatic heterocycles. The van der Waals surface area contributed by atoms with Crippen LogP contribution in [0.5, 0.6) is 0 Å². The van der Waals surface area contributed by atoms with Crippen molar-refractivity contribution in [2.75, 3.05) is 26.7 Å². The molecule has 4 fully saturated rings. The van der Waals surface area contributed by atoms with Gasteiger partial charge in [-0.25, -0.2) is 0 Å². The van der Waals surface area contributed by atoms with Crippen LogP contribution in [0.3, 0.4) is 0 Å². The summed E-state index contributed by atoms with van der Waals surface area (Å²) in [6.45, 7) is 14.1. The van der Waals surface area contributed by atoms with E-state index < -0.39 is 0 Å². The van der Waals surface area contributed by atoms with Crippen LogP contribution in [0.15, 0.2) is 40.4 Å². The van der Waals surface area contributed by atoms with Gasteiger partial charge in [-0.2, -0.15) is 0 Å². The second-order valence-electron chi connectivity index (χ2n) is 15.0. The van der Waals surface area contributed by atoms with Crippen LogP contribution in [0.4, 0.5) is 0 Å². The zero-order chi connectivity index (χ0) is 26.9. The first-order valence-electron chi connectivity index (χ1n) is 15.7. The van der Waals surface area contributed by atoms with Crippen molar-refractivity contribution in [3.63, 3.8) is 0 Å². The third kappa shape index (κ3) is 4.06. The molecule has 38 heavy (non-hydrogen) atoms.